The molecular weight excluding hydrogens is 212 g/mol. The molecule has 1 aromatic heterocycles. The van der Waals surface area contributed by atoms with Gasteiger partial charge in [0.15, 0.2) is 0 Å². The summed E-state index contributed by atoms with van der Waals surface area (Å²) in [5, 5.41) is 0. The number of hydrogen-bond acceptors (Lipinski definition) is 4. The Morgan fingerprint density at radius 3 is 2.82 bits per heavy atom. The van der Waals surface area contributed by atoms with Gasteiger partial charge in [-0.1, -0.05) is 19.9 Å². The van der Waals surface area contributed by atoms with Crippen LogP contribution in [0.5, 0.6) is 0 Å². The van der Waals surface area contributed by atoms with Gasteiger partial charge in [0, 0.05) is 19.1 Å². The van der Waals surface area contributed by atoms with Crippen molar-refractivity contribution in [2.45, 2.75) is 26.3 Å². The molecule has 0 amide bonds. The van der Waals surface area contributed by atoms with E-state index in [0.29, 0.717) is 11.9 Å². The highest BCUT2D eigenvalue weighted by Gasteiger charge is 2.26. The predicted molar refractivity (Wildman–Crippen MR) is 72.2 cm³/mol. The van der Waals surface area contributed by atoms with E-state index in [-0.39, 0.29) is 0 Å². The summed E-state index contributed by atoms with van der Waals surface area (Å²) in [7, 11) is 0. The zero-order valence-corrected chi connectivity index (χ0v) is 10.8. The first kappa shape index (κ1) is 12.2. The van der Waals surface area contributed by atoms with Crippen LogP contribution in [-0.2, 0) is 0 Å². The van der Waals surface area contributed by atoms with E-state index in [1.54, 1.807) is 0 Å². The van der Waals surface area contributed by atoms with Gasteiger partial charge in [-0.25, -0.2) is 4.98 Å². The number of anilines is 2. The Kier molecular flexibility index (Phi) is 3.84. The lowest BCUT2D eigenvalue weighted by Crippen LogP contribution is -2.37. The fraction of sp³-hybridized carbons (Fsp3) is 0.615. The lowest BCUT2D eigenvalue weighted by Gasteiger charge is -2.26. The van der Waals surface area contributed by atoms with Crippen molar-refractivity contribution in [2.75, 3.05) is 36.8 Å². The van der Waals surface area contributed by atoms with Crippen molar-refractivity contribution >= 4 is 11.6 Å². The minimum absolute atomic E-state index is 0.605. The molecule has 1 unspecified atom stereocenters. The Morgan fingerprint density at radius 1 is 1.41 bits per heavy atom. The molecule has 1 saturated heterocycles. The second-order valence-corrected chi connectivity index (χ2v) is 4.53. The summed E-state index contributed by atoms with van der Waals surface area (Å²) in [6.07, 6.45) is 1.22. The van der Waals surface area contributed by atoms with E-state index in [0.717, 1.165) is 32.0 Å². The Labute approximate surface area is 103 Å². The third kappa shape index (κ3) is 2.69. The maximum Gasteiger partial charge on any atom is 0.131 e. The van der Waals surface area contributed by atoms with Gasteiger partial charge in [-0.15, -0.1) is 0 Å². The number of pyridine rings is 1. The smallest absolute Gasteiger partial charge is 0.131 e. The topological polar surface area (TPSA) is 45.4 Å². The predicted octanol–water partition coefficient (Wildman–Crippen LogP) is 1.58. The van der Waals surface area contributed by atoms with Gasteiger partial charge in [0.2, 0.25) is 0 Å². The van der Waals surface area contributed by atoms with Gasteiger partial charge in [-0.2, -0.15) is 0 Å². The van der Waals surface area contributed by atoms with E-state index in [9.17, 15) is 0 Å². The van der Waals surface area contributed by atoms with Gasteiger partial charge in [0.25, 0.3) is 0 Å². The molecule has 4 heteroatoms. The van der Waals surface area contributed by atoms with Gasteiger partial charge < -0.3 is 10.6 Å². The molecule has 2 rings (SSSR count). The Morgan fingerprint density at radius 2 is 2.18 bits per heavy atom. The van der Waals surface area contributed by atoms with Crippen LogP contribution in [0, 0.1) is 0 Å². The van der Waals surface area contributed by atoms with E-state index in [1.165, 1.54) is 6.42 Å². The average molecular weight is 234 g/mol. The molecule has 1 fully saturated rings. The van der Waals surface area contributed by atoms with Gasteiger partial charge in [-0.3, -0.25) is 4.90 Å². The van der Waals surface area contributed by atoms with Crippen LogP contribution < -0.4 is 10.6 Å². The van der Waals surface area contributed by atoms with Crippen molar-refractivity contribution in [3.8, 4) is 0 Å². The molecule has 2 heterocycles. The number of hydrogen-bond donors (Lipinski definition) is 1. The second kappa shape index (κ2) is 5.36. The fourth-order valence-electron chi connectivity index (χ4n) is 2.60. The van der Waals surface area contributed by atoms with Crippen molar-refractivity contribution < 1.29 is 0 Å². The van der Waals surface area contributed by atoms with Crippen LogP contribution in [0.25, 0.3) is 0 Å². The van der Waals surface area contributed by atoms with E-state index in [4.69, 9.17) is 5.73 Å². The minimum atomic E-state index is 0.605. The highest BCUT2D eigenvalue weighted by molar-refractivity contribution is 5.45. The standard InChI is InChI=1S/C13H22N4/c1-3-16(4-2)11-8-9-17(10-11)13-7-5-6-12(14)15-13/h5-7,11H,3-4,8-10H2,1-2H3,(H2,14,15). The first-order chi connectivity index (χ1) is 8.24. The summed E-state index contributed by atoms with van der Waals surface area (Å²) in [6.45, 7) is 8.85. The molecule has 1 aliphatic heterocycles. The molecule has 0 bridgehead atoms. The molecule has 1 aromatic rings. The SMILES string of the molecule is CCN(CC)C1CCN(c2cccc(N)n2)C1. The summed E-state index contributed by atoms with van der Waals surface area (Å²) >= 11 is 0. The van der Waals surface area contributed by atoms with Crippen LogP contribution in [0.2, 0.25) is 0 Å². The maximum atomic E-state index is 5.72. The monoisotopic (exact) mass is 234 g/mol. The number of nitrogens with zero attached hydrogens (tertiary/aromatic N) is 3. The first-order valence-corrected chi connectivity index (χ1v) is 6.46. The van der Waals surface area contributed by atoms with Gasteiger partial charge >= 0.3 is 0 Å². The minimum Gasteiger partial charge on any atom is -0.384 e. The van der Waals surface area contributed by atoms with Crippen LogP contribution in [0.1, 0.15) is 20.3 Å². The summed E-state index contributed by atoms with van der Waals surface area (Å²) in [5.41, 5.74) is 5.72. The lowest BCUT2D eigenvalue weighted by atomic mass is 10.2. The summed E-state index contributed by atoms with van der Waals surface area (Å²) < 4.78 is 0. The summed E-state index contributed by atoms with van der Waals surface area (Å²) in [5.74, 6) is 1.62. The number of aromatic nitrogens is 1. The molecule has 0 radical (unpaired) electrons. The molecule has 0 aliphatic carbocycles. The lowest BCUT2D eigenvalue weighted by molar-refractivity contribution is 0.232. The number of likely N-dealkylation sites (N-methyl/N-ethyl adjacent to an activating group) is 1. The maximum absolute atomic E-state index is 5.72. The molecule has 1 aliphatic rings. The zero-order valence-electron chi connectivity index (χ0n) is 10.8. The van der Waals surface area contributed by atoms with Crippen LogP contribution in [0.4, 0.5) is 11.6 Å². The van der Waals surface area contributed by atoms with Crippen LogP contribution in [0.15, 0.2) is 18.2 Å². The molecular formula is C13H22N4. The Hall–Kier alpha value is -1.29. The molecule has 0 aromatic carbocycles. The molecule has 1 atom stereocenters. The van der Waals surface area contributed by atoms with Gasteiger partial charge in [0.05, 0.1) is 0 Å². The van der Waals surface area contributed by atoms with Crippen molar-refractivity contribution in [3.63, 3.8) is 0 Å². The van der Waals surface area contributed by atoms with Crippen molar-refractivity contribution in [1.29, 1.82) is 0 Å². The molecule has 0 saturated carbocycles. The largest absolute Gasteiger partial charge is 0.384 e. The van der Waals surface area contributed by atoms with E-state index < -0.39 is 0 Å². The highest BCUT2D eigenvalue weighted by Crippen LogP contribution is 2.21. The quantitative estimate of drug-likeness (QED) is 0.859. The van der Waals surface area contributed by atoms with Crippen molar-refractivity contribution in [2.24, 2.45) is 0 Å². The third-order valence-electron chi connectivity index (χ3n) is 3.57. The van der Waals surface area contributed by atoms with Crippen LogP contribution >= 0.6 is 0 Å². The van der Waals surface area contributed by atoms with E-state index >= 15 is 0 Å². The Bertz CT molecular complexity index is 362. The summed E-state index contributed by atoms with van der Waals surface area (Å²) in [6, 6.07) is 6.51. The number of nitrogen functional groups attached to an aromatic ring is 1. The van der Waals surface area contributed by atoms with Crippen LogP contribution in [-0.4, -0.2) is 42.1 Å². The van der Waals surface area contributed by atoms with Crippen LogP contribution in [0.3, 0.4) is 0 Å². The normalized spacial score (nSPS) is 20.2. The van der Waals surface area contributed by atoms with Gasteiger partial charge in [0.1, 0.15) is 11.6 Å². The Balaban J connectivity index is 2.02. The molecule has 4 nitrogen and oxygen atoms in total. The highest BCUT2D eigenvalue weighted by atomic mass is 15.3. The zero-order chi connectivity index (χ0) is 12.3. The average Bonchev–Trinajstić information content (AvgIpc) is 2.80. The van der Waals surface area contributed by atoms with Gasteiger partial charge in [-0.05, 0) is 31.6 Å². The first-order valence-electron chi connectivity index (χ1n) is 6.46. The fourth-order valence-corrected chi connectivity index (χ4v) is 2.60. The van der Waals surface area contributed by atoms with E-state index in [2.05, 4.69) is 28.6 Å². The van der Waals surface area contributed by atoms with E-state index in [1.807, 2.05) is 18.2 Å². The number of nitrogens with two attached hydrogens (primary N) is 1. The molecule has 94 valence electrons. The third-order valence-corrected chi connectivity index (χ3v) is 3.57. The van der Waals surface area contributed by atoms with Crippen molar-refractivity contribution in [3.05, 3.63) is 18.2 Å². The van der Waals surface area contributed by atoms with Crippen molar-refractivity contribution in [1.82, 2.24) is 9.88 Å². The second-order valence-electron chi connectivity index (χ2n) is 4.53. The summed E-state index contributed by atoms with van der Waals surface area (Å²) in [4.78, 5) is 9.24. The molecule has 17 heavy (non-hydrogen) atoms. The number of rotatable bonds is 4. The molecule has 0 spiro atoms. The molecule has 2 N–H and O–H groups in total.